The van der Waals surface area contributed by atoms with Crippen LogP contribution in [-0.2, 0) is 14.3 Å². The second kappa shape index (κ2) is 6.13. The highest BCUT2D eigenvalue weighted by molar-refractivity contribution is 7.99. The molecule has 0 aliphatic carbocycles. The fourth-order valence-corrected chi connectivity index (χ4v) is 2.89. The van der Waals surface area contributed by atoms with E-state index in [0.717, 1.165) is 17.9 Å². The zero-order valence-corrected chi connectivity index (χ0v) is 10.9. The van der Waals surface area contributed by atoms with Crippen molar-refractivity contribution in [3.8, 4) is 0 Å². The Labute approximate surface area is 101 Å². The van der Waals surface area contributed by atoms with Crippen molar-refractivity contribution in [1.82, 2.24) is 4.90 Å². The van der Waals surface area contributed by atoms with Crippen molar-refractivity contribution in [3.63, 3.8) is 0 Å². The van der Waals surface area contributed by atoms with Crippen LogP contribution >= 0.6 is 11.8 Å². The molecule has 5 heteroatoms. The van der Waals surface area contributed by atoms with E-state index in [9.17, 15) is 9.59 Å². The molecule has 92 valence electrons. The maximum atomic E-state index is 12.1. The summed E-state index contributed by atoms with van der Waals surface area (Å²) in [5.41, 5.74) is 0. The van der Waals surface area contributed by atoms with Crippen LogP contribution in [-0.4, -0.2) is 48.0 Å². The van der Waals surface area contributed by atoms with Crippen LogP contribution in [0.25, 0.3) is 0 Å². The Morgan fingerprint density at radius 2 is 2.19 bits per heavy atom. The van der Waals surface area contributed by atoms with E-state index in [0.29, 0.717) is 0 Å². The van der Waals surface area contributed by atoms with E-state index in [4.69, 9.17) is 0 Å². The number of esters is 1. The summed E-state index contributed by atoms with van der Waals surface area (Å²) in [6, 6.07) is 0.0391. The van der Waals surface area contributed by atoms with Gasteiger partial charge in [-0.15, -0.1) is 0 Å². The average molecular weight is 245 g/mol. The van der Waals surface area contributed by atoms with Crippen LogP contribution in [0.5, 0.6) is 0 Å². The molecule has 0 aromatic heterocycles. The maximum Gasteiger partial charge on any atom is 0.325 e. The molecular weight excluding hydrogens is 226 g/mol. The second-order valence-electron chi connectivity index (χ2n) is 4.20. The summed E-state index contributed by atoms with van der Waals surface area (Å²) >= 11 is 1.80. The Morgan fingerprint density at radius 3 is 2.62 bits per heavy atom. The van der Waals surface area contributed by atoms with Crippen LogP contribution < -0.4 is 0 Å². The van der Waals surface area contributed by atoms with Crippen LogP contribution in [0, 0.1) is 5.92 Å². The molecule has 1 heterocycles. The number of ether oxygens (including phenoxy) is 1. The second-order valence-corrected chi connectivity index (χ2v) is 5.35. The highest BCUT2D eigenvalue weighted by Gasteiger charge is 2.30. The fraction of sp³-hybridized carbons (Fsp3) is 0.818. The number of hydrogen-bond acceptors (Lipinski definition) is 4. The van der Waals surface area contributed by atoms with Gasteiger partial charge in [0.25, 0.3) is 0 Å². The standard InChI is InChI=1S/C11H19NO3S/c1-8(2)12(6-10(13)15-3)11(14)9-4-5-16-7-9/h8-9H,4-7H2,1-3H3. The maximum absolute atomic E-state index is 12.1. The Morgan fingerprint density at radius 1 is 1.50 bits per heavy atom. The van der Waals surface area contributed by atoms with E-state index >= 15 is 0 Å². The molecule has 16 heavy (non-hydrogen) atoms. The van der Waals surface area contributed by atoms with Gasteiger partial charge < -0.3 is 9.64 Å². The minimum atomic E-state index is -0.354. The number of carbonyl (C=O) groups is 2. The number of rotatable bonds is 4. The predicted octanol–water partition coefficient (Wildman–Crippen LogP) is 1.15. The molecule has 0 spiro atoms. The van der Waals surface area contributed by atoms with Gasteiger partial charge in [0.15, 0.2) is 0 Å². The molecule has 0 aromatic rings. The minimum Gasteiger partial charge on any atom is -0.468 e. The van der Waals surface area contributed by atoms with Gasteiger partial charge in [0.2, 0.25) is 5.91 Å². The summed E-state index contributed by atoms with van der Waals surface area (Å²) in [6.45, 7) is 3.90. The molecule has 1 unspecified atom stereocenters. The van der Waals surface area contributed by atoms with Crippen LogP contribution in [0.15, 0.2) is 0 Å². The molecule has 1 saturated heterocycles. The highest BCUT2D eigenvalue weighted by Crippen LogP contribution is 2.25. The first-order valence-electron chi connectivity index (χ1n) is 5.51. The summed E-state index contributed by atoms with van der Waals surface area (Å²) in [6.07, 6.45) is 0.924. The highest BCUT2D eigenvalue weighted by atomic mass is 32.2. The van der Waals surface area contributed by atoms with Crippen molar-refractivity contribution in [3.05, 3.63) is 0 Å². The Hall–Kier alpha value is -0.710. The predicted molar refractivity (Wildman–Crippen MR) is 64.3 cm³/mol. The lowest BCUT2D eigenvalue weighted by Gasteiger charge is -2.27. The van der Waals surface area contributed by atoms with E-state index < -0.39 is 0 Å². The van der Waals surface area contributed by atoms with Crippen molar-refractivity contribution in [2.75, 3.05) is 25.2 Å². The zero-order valence-electron chi connectivity index (χ0n) is 10.1. The molecule has 0 aromatic carbocycles. The summed E-state index contributed by atoms with van der Waals surface area (Å²) in [7, 11) is 1.34. The van der Waals surface area contributed by atoms with Gasteiger partial charge in [0, 0.05) is 17.7 Å². The van der Waals surface area contributed by atoms with Gasteiger partial charge in [0.1, 0.15) is 6.54 Å². The quantitative estimate of drug-likeness (QED) is 0.697. The van der Waals surface area contributed by atoms with Gasteiger partial charge in [-0.2, -0.15) is 11.8 Å². The molecule has 1 aliphatic rings. The third-order valence-electron chi connectivity index (χ3n) is 2.71. The molecule has 0 bridgehead atoms. The molecule has 0 N–H and O–H groups in total. The first-order chi connectivity index (χ1) is 7.56. The normalized spacial score (nSPS) is 19.9. The molecule has 0 saturated carbocycles. The summed E-state index contributed by atoms with van der Waals surface area (Å²) in [4.78, 5) is 25.0. The third kappa shape index (κ3) is 3.40. The lowest BCUT2D eigenvalue weighted by atomic mass is 10.1. The van der Waals surface area contributed by atoms with Crippen LogP contribution in [0.4, 0.5) is 0 Å². The zero-order chi connectivity index (χ0) is 12.1. The Balaban J connectivity index is 2.61. The number of thioether (sulfide) groups is 1. The van der Waals surface area contributed by atoms with E-state index in [1.807, 2.05) is 13.8 Å². The topological polar surface area (TPSA) is 46.6 Å². The SMILES string of the molecule is COC(=O)CN(C(=O)C1CCSC1)C(C)C. The van der Waals surface area contributed by atoms with Crippen molar-refractivity contribution in [2.24, 2.45) is 5.92 Å². The monoisotopic (exact) mass is 245 g/mol. The summed E-state index contributed by atoms with van der Waals surface area (Å²) in [5, 5.41) is 0. The van der Waals surface area contributed by atoms with Crippen molar-refractivity contribution in [1.29, 1.82) is 0 Å². The first-order valence-corrected chi connectivity index (χ1v) is 6.66. The lowest BCUT2D eigenvalue weighted by Crippen LogP contribution is -2.44. The van der Waals surface area contributed by atoms with Gasteiger partial charge in [0.05, 0.1) is 7.11 Å². The van der Waals surface area contributed by atoms with Gasteiger partial charge in [-0.1, -0.05) is 0 Å². The van der Waals surface area contributed by atoms with Crippen molar-refractivity contribution in [2.45, 2.75) is 26.3 Å². The molecule has 0 radical (unpaired) electrons. The van der Waals surface area contributed by atoms with Crippen molar-refractivity contribution < 1.29 is 14.3 Å². The molecule has 1 fully saturated rings. The fourth-order valence-electron chi connectivity index (χ4n) is 1.68. The van der Waals surface area contributed by atoms with Crippen LogP contribution in [0.3, 0.4) is 0 Å². The van der Waals surface area contributed by atoms with E-state index in [2.05, 4.69) is 4.74 Å². The largest absolute Gasteiger partial charge is 0.468 e. The van der Waals surface area contributed by atoms with E-state index in [1.54, 1.807) is 16.7 Å². The number of amides is 1. The van der Waals surface area contributed by atoms with Crippen molar-refractivity contribution >= 4 is 23.6 Å². The molecular formula is C11H19NO3S. The number of nitrogens with zero attached hydrogens (tertiary/aromatic N) is 1. The molecule has 1 rings (SSSR count). The average Bonchev–Trinajstić information content (AvgIpc) is 2.77. The van der Waals surface area contributed by atoms with E-state index in [-0.39, 0.29) is 30.4 Å². The van der Waals surface area contributed by atoms with E-state index in [1.165, 1.54) is 7.11 Å². The Kier molecular flexibility index (Phi) is 5.12. The molecule has 4 nitrogen and oxygen atoms in total. The van der Waals surface area contributed by atoms with Gasteiger partial charge >= 0.3 is 5.97 Å². The van der Waals surface area contributed by atoms with Gasteiger partial charge in [-0.25, -0.2) is 0 Å². The molecule has 1 atom stereocenters. The Bertz CT molecular complexity index is 262. The summed E-state index contributed by atoms with van der Waals surface area (Å²) < 4.78 is 4.61. The molecule has 1 aliphatic heterocycles. The lowest BCUT2D eigenvalue weighted by molar-refractivity contribution is -0.149. The minimum absolute atomic E-state index is 0.0391. The number of carbonyl (C=O) groups excluding carboxylic acids is 2. The van der Waals surface area contributed by atoms with Crippen LogP contribution in [0.2, 0.25) is 0 Å². The smallest absolute Gasteiger partial charge is 0.325 e. The first kappa shape index (κ1) is 13.4. The van der Waals surface area contributed by atoms with Gasteiger partial charge in [-0.05, 0) is 26.0 Å². The number of methoxy groups -OCH3 is 1. The molecule has 1 amide bonds. The van der Waals surface area contributed by atoms with Gasteiger partial charge in [-0.3, -0.25) is 9.59 Å². The number of hydrogen-bond donors (Lipinski definition) is 0. The van der Waals surface area contributed by atoms with Crippen LogP contribution in [0.1, 0.15) is 20.3 Å². The third-order valence-corrected chi connectivity index (χ3v) is 3.87. The summed E-state index contributed by atoms with van der Waals surface area (Å²) in [5.74, 6) is 1.74.